The van der Waals surface area contributed by atoms with E-state index in [1.54, 1.807) is 5.70 Å². The minimum atomic E-state index is -3.25. The monoisotopic (exact) mass is 341 g/mol. The van der Waals surface area contributed by atoms with E-state index < -0.39 is 8.56 Å². The molecule has 0 atom stereocenters. The van der Waals surface area contributed by atoms with Crippen LogP contribution < -0.4 is 0 Å². The van der Waals surface area contributed by atoms with E-state index in [-0.39, 0.29) is 5.54 Å². The second-order valence-corrected chi connectivity index (χ2v) is 9.73. The van der Waals surface area contributed by atoms with Crippen LogP contribution in [0.4, 0.5) is 0 Å². The molecule has 0 aliphatic heterocycles. The molecular formula is C20H27NO2Si. The lowest BCUT2D eigenvalue weighted by atomic mass is 10.1. The van der Waals surface area contributed by atoms with Gasteiger partial charge in [0.2, 0.25) is 0 Å². The van der Waals surface area contributed by atoms with Crippen LogP contribution in [-0.4, -0.2) is 30.1 Å². The highest BCUT2D eigenvalue weighted by molar-refractivity contribution is 6.72. The Hall–Kier alpha value is -1.72. The zero-order valence-corrected chi connectivity index (χ0v) is 15.7. The summed E-state index contributed by atoms with van der Waals surface area (Å²) in [4.78, 5) is 22.3. The molecule has 2 aromatic rings. The minimum Gasteiger partial charge on any atom is -0.408 e. The molecule has 2 rings (SSSR count). The fourth-order valence-corrected chi connectivity index (χ4v) is 3.29. The van der Waals surface area contributed by atoms with E-state index in [1.165, 1.54) is 11.1 Å². The van der Waals surface area contributed by atoms with E-state index in [1.807, 2.05) is 38.1 Å². The van der Waals surface area contributed by atoms with Crippen molar-refractivity contribution < 1.29 is 9.59 Å². The van der Waals surface area contributed by atoms with Crippen molar-refractivity contribution in [2.45, 2.75) is 32.5 Å². The summed E-state index contributed by atoms with van der Waals surface area (Å²) in [7, 11) is -1.15. The first-order chi connectivity index (χ1) is 11.4. The quantitative estimate of drug-likeness (QED) is 0.755. The molecule has 3 nitrogen and oxygen atoms in total. The van der Waals surface area contributed by atoms with Crippen LogP contribution in [0.2, 0.25) is 5.54 Å². The Balaban J connectivity index is 2.01. The second kappa shape index (κ2) is 8.40. The third-order valence-corrected chi connectivity index (χ3v) is 6.43. The van der Waals surface area contributed by atoms with E-state index in [2.05, 4.69) is 48.3 Å². The highest BCUT2D eigenvalue weighted by Gasteiger charge is 2.29. The highest BCUT2D eigenvalue weighted by atomic mass is 28.4. The summed E-state index contributed by atoms with van der Waals surface area (Å²) < 4.78 is 0. The molecule has 0 saturated carbocycles. The van der Waals surface area contributed by atoms with E-state index in [4.69, 9.17) is 0 Å². The van der Waals surface area contributed by atoms with Gasteiger partial charge in [-0.2, -0.15) is 0 Å². The van der Waals surface area contributed by atoms with Crippen molar-refractivity contribution in [1.29, 1.82) is 0 Å². The number of hydrogen-bond donors (Lipinski definition) is 2. The van der Waals surface area contributed by atoms with Crippen LogP contribution in [0.15, 0.2) is 60.3 Å². The maximum atomic E-state index is 10.0. The summed E-state index contributed by atoms with van der Waals surface area (Å²) in [6.07, 6.45) is 1.83. The van der Waals surface area contributed by atoms with Crippen LogP contribution in [0.25, 0.3) is 6.08 Å². The smallest absolute Gasteiger partial charge is 0.362 e. The molecule has 0 heterocycles. The van der Waals surface area contributed by atoms with Gasteiger partial charge in [0, 0.05) is 18.6 Å². The fraction of sp³-hybridized carbons (Fsp3) is 0.300. The highest BCUT2D eigenvalue weighted by Crippen LogP contribution is 2.18. The van der Waals surface area contributed by atoms with Gasteiger partial charge < -0.3 is 9.59 Å². The molecule has 0 radical (unpaired) electrons. The van der Waals surface area contributed by atoms with Gasteiger partial charge in [0.15, 0.2) is 0 Å². The topological polar surface area (TPSA) is 43.7 Å². The molecule has 0 fully saturated rings. The molecule has 0 amide bonds. The van der Waals surface area contributed by atoms with Crippen molar-refractivity contribution in [3.63, 3.8) is 0 Å². The Morgan fingerprint density at radius 3 is 2.25 bits per heavy atom. The Kier molecular flexibility index (Phi) is 6.51. The fourth-order valence-electron chi connectivity index (χ4n) is 2.47. The molecule has 0 bridgehead atoms. The third-order valence-electron chi connectivity index (χ3n) is 4.07. The Bertz CT molecular complexity index is 668. The molecule has 0 spiro atoms. The average Bonchev–Trinajstić information content (AvgIpc) is 2.54. The van der Waals surface area contributed by atoms with Crippen molar-refractivity contribution in [2.24, 2.45) is 0 Å². The molecule has 0 aliphatic carbocycles. The van der Waals surface area contributed by atoms with Crippen LogP contribution in [0.1, 0.15) is 30.5 Å². The summed E-state index contributed by atoms with van der Waals surface area (Å²) >= 11 is 0. The van der Waals surface area contributed by atoms with E-state index >= 15 is 0 Å². The van der Waals surface area contributed by atoms with Gasteiger partial charge in [0.25, 0.3) is 0 Å². The lowest BCUT2D eigenvalue weighted by Crippen LogP contribution is -2.35. The molecule has 2 aromatic carbocycles. The number of rotatable bonds is 7. The van der Waals surface area contributed by atoms with Gasteiger partial charge in [-0.25, -0.2) is 0 Å². The van der Waals surface area contributed by atoms with Gasteiger partial charge >= 0.3 is 8.56 Å². The predicted molar refractivity (Wildman–Crippen MR) is 102 cm³/mol. The normalized spacial score (nSPS) is 12.5. The number of benzene rings is 2. The maximum Gasteiger partial charge on any atom is 0.362 e. The summed E-state index contributed by atoms with van der Waals surface area (Å²) in [6, 6.07) is 18.6. The van der Waals surface area contributed by atoms with Gasteiger partial charge in [0.05, 0.1) is 0 Å². The Morgan fingerprint density at radius 2 is 1.58 bits per heavy atom. The van der Waals surface area contributed by atoms with Crippen LogP contribution in [0, 0.1) is 0 Å². The molecule has 0 aliphatic rings. The standard InChI is InChI=1S/C20H27NO2Si/c1-17(2)24(22,23)13-12-18-10-7-11-20(14-18)16-21(3)15-19-8-5-4-6-9-19/h4-14,17,22-23H,15-16H2,1-3H3. The van der Waals surface area contributed by atoms with Crippen LogP contribution >= 0.6 is 0 Å². The van der Waals surface area contributed by atoms with Crippen molar-refractivity contribution in [3.8, 4) is 0 Å². The minimum absolute atomic E-state index is 0.117. The SMILES string of the molecule is CC(C)[Si](O)(O)C=Cc1cccc(CN(C)Cc2ccccc2)c1. The Morgan fingerprint density at radius 1 is 0.958 bits per heavy atom. The van der Waals surface area contributed by atoms with Crippen molar-refractivity contribution in [2.75, 3.05) is 7.05 Å². The summed E-state index contributed by atoms with van der Waals surface area (Å²) in [5.41, 5.74) is 4.98. The van der Waals surface area contributed by atoms with Gasteiger partial charge in [-0.1, -0.05) is 74.5 Å². The largest absolute Gasteiger partial charge is 0.408 e. The summed E-state index contributed by atoms with van der Waals surface area (Å²) in [5.74, 6) is 0. The molecule has 2 N–H and O–H groups in total. The number of hydrogen-bond acceptors (Lipinski definition) is 3. The molecule has 24 heavy (non-hydrogen) atoms. The average molecular weight is 342 g/mol. The maximum absolute atomic E-state index is 10.0. The second-order valence-electron chi connectivity index (χ2n) is 6.67. The first-order valence-electron chi connectivity index (χ1n) is 8.32. The van der Waals surface area contributed by atoms with Crippen molar-refractivity contribution in [1.82, 2.24) is 4.90 Å². The first kappa shape index (κ1) is 18.6. The van der Waals surface area contributed by atoms with Crippen LogP contribution in [0.3, 0.4) is 0 Å². The van der Waals surface area contributed by atoms with Gasteiger partial charge in [-0.15, -0.1) is 0 Å². The third kappa shape index (κ3) is 5.73. The zero-order valence-electron chi connectivity index (χ0n) is 14.7. The van der Waals surface area contributed by atoms with Crippen LogP contribution in [0.5, 0.6) is 0 Å². The number of nitrogens with zero attached hydrogens (tertiary/aromatic N) is 1. The molecule has 0 saturated heterocycles. The van der Waals surface area contributed by atoms with Gasteiger partial charge in [0.1, 0.15) is 0 Å². The van der Waals surface area contributed by atoms with E-state index in [0.29, 0.717) is 0 Å². The summed E-state index contributed by atoms with van der Waals surface area (Å²) in [6.45, 7) is 5.43. The van der Waals surface area contributed by atoms with Crippen molar-refractivity contribution in [3.05, 3.63) is 77.0 Å². The predicted octanol–water partition coefficient (Wildman–Crippen LogP) is 3.71. The molecule has 4 heteroatoms. The molecular weight excluding hydrogens is 314 g/mol. The molecule has 0 unspecified atom stereocenters. The zero-order chi connectivity index (χ0) is 17.6. The van der Waals surface area contributed by atoms with E-state index in [0.717, 1.165) is 18.7 Å². The van der Waals surface area contributed by atoms with Gasteiger partial charge in [-0.3, -0.25) is 4.90 Å². The molecule has 0 aromatic heterocycles. The summed E-state index contributed by atoms with van der Waals surface area (Å²) in [5, 5.41) is 0. The van der Waals surface area contributed by atoms with E-state index in [9.17, 15) is 9.59 Å². The lowest BCUT2D eigenvalue weighted by Gasteiger charge is -2.18. The van der Waals surface area contributed by atoms with Crippen molar-refractivity contribution >= 4 is 14.6 Å². The van der Waals surface area contributed by atoms with Crippen LogP contribution in [-0.2, 0) is 13.1 Å². The molecule has 128 valence electrons. The van der Waals surface area contributed by atoms with Gasteiger partial charge in [-0.05, 0) is 29.4 Å². The lowest BCUT2D eigenvalue weighted by molar-refractivity contribution is 0.319. The Labute approximate surface area is 146 Å². The first-order valence-corrected chi connectivity index (χ1v) is 10.4.